The first kappa shape index (κ1) is 14.0. The zero-order valence-corrected chi connectivity index (χ0v) is 11.3. The van der Waals surface area contributed by atoms with E-state index in [0.717, 1.165) is 5.56 Å². The lowest BCUT2D eigenvalue weighted by atomic mass is 10.1. The molecule has 0 spiro atoms. The normalized spacial score (nSPS) is 20.1. The lowest BCUT2D eigenvalue weighted by Crippen LogP contribution is -2.17. The highest BCUT2D eigenvalue weighted by molar-refractivity contribution is 5.99. The van der Waals surface area contributed by atoms with Crippen molar-refractivity contribution in [3.63, 3.8) is 0 Å². The average molecular weight is 276 g/mol. The Morgan fingerprint density at radius 2 is 1.90 bits per heavy atom. The van der Waals surface area contributed by atoms with Crippen molar-refractivity contribution in [2.45, 2.75) is 20.3 Å². The highest BCUT2D eigenvalue weighted by atomic mass is 16.4. The third-order valence-corrected chi connectivity index (χ3v) is 3.26. The molecule has 106 valence electrons. The molecule has 1 aliphatic carbocycles. The minimum absolute atomic E-state index is 0.190. The Morgan fingerprint density at radius 1 is 1.20 bits per heavy atom. The molecule has 0 aliphatic heterocycles. The molecule has 1 saturated carbocycles. The maximum absolute atomic E-state index is 11.8. The van der Waals surface area contributed by atoms with Gasteiger partial charge in [-0.15, -0.1) is 0 Å². The summed E-state index contributed by atoms with van der Waals surface area (Å²) in [5, 5.41) is 14.1. The summed E-state index contributed by atoms with van der Waals surface area (Å²) in [5.41, 5.74) is 2.05. The van der Waals surface area contributed by atoms with Crippen LogP contribution in [0.2, 0.25) is 0 Å². The monoisotopic (exact) mass is 276 g/mol. The van der Waals surface area contributed by atoms with E-state index in [0.29, 0.717) is 17.8 Å². The number of carbonyl (C=O) groups is 3. The van der Waals surface area contributed by atoms with E-state index in [1.165, 1.54) is 6.92 Å². The number of carboxylic acid groups (broad SMARTS) is 1. The van der Waals surface area contributed by atoms with Crippen LogP contribution in [-0.4, -0.2) is 22.9 Å². The topological polar surface area (TPSA) is 95.5 Å². The van der Waals surface area contributed by atoms with E-state index in [2.05, 4.69) is 10.6 Å². The SMILES string of the molecule is CC(=O)Nc1cc(NC(=O)[C@@H]2C[C@@H]2C(=O)O)ccc1C. The van der Waals surface area contributed by atoms with E-state index in [9.17, 15) is 14.4 Å². The largest absolute Gasteiger partial charge is 0.481 e. The van der Waals surface area contributed by atoms with E-state index in [4.69, 9.17) is 5.11 Å². The first-order chi connectivity index (χ1) is 9.38. The van der Waals surface area contributed by atoms with Gasteiger partial charge in [0.15, 0.2) is 0 Å². The van der Waals surface area contributed by atoms with Gasteiger partial charge in [0.1, 0.15) is 0 Å². The molecule has 0 saturated heterocycles. The van der Waals surface area contributed by atoms with E-state index < -0.39 is 17.8 Å². The molecule has 0 heterocycles. The maximum atomic E-state index is 11.8. The van der Waals surface area contributed by atoms with Crippen LogP contribution < -0.4 is 10.6 Å². The lowest BCUT2D eigenvalue weighted by Gasteiger charge is -2.10. The van der Waals surface area contributed by atoms with Crippen molar-refractivity contribution in [1.29, 1.82) is 0 Å². The summed E-state index contributed by atoms with van der Waals surface area (Å²) in [5.74, 6) is -2.46. The third-order valence-electron chi connectivity index (χ3n) is 3.26. The van der Waals surface area contributed by atoms with Gasteiger partial charge in [-0.1, -0.05) is 6.07 Å². The van der Waals surface area contributed by atoms with Gasteiger partial charge in [-0.3, -0.25) is 14.4 Å². The summed E-state index contributed by atoms with van der Waals surface area (Å²) >= 11 is 0. The summed E-state index contributed by atoms with van der Waals surface area (Å²) in [7, 11) is 0. The van der Waals surface area contributed by atoms with Crippen molar-refractivity contribution in [3.8, 4) is 0 Å². The minimum atomic E-state index is -0.937. The molecule has 1 aromatic rings. The van der Waals surface area contributed by atoms with Crippen LogP contribution in [0.4, 0.5) is 11.4 Å². The van der Waals surface area contributed by atoms with Crippen LogP contribution in [0.1, 0.15) is 18.9 Å². The molecule has 0 radical (unpaired) electrons. The van der Waals surface area contributed by atoms with Crippen molar-refractivity contribution >= 4 is 29.2 Å². The van der Waals surface area contributed by atoms with Gasteiger partial charge in [-0.25, -0.2) is 0 Å². The van der Waals surface area contributed by atoms with Crippen LogP contribution in [-0.2, 0) is 14.4 Å². The van der Waals surface area contributed by atoms with Crippen LogP contribution in [0.3, 0.4) is 0 Å². The van der Waals surface area contributed by atoms with Gasteiger partial charge in [-0.05, 0) is 31.0 Å². The number of anilines is 2. The second-order valence-electron chi connectivity index (χ2n) is 4.99. The van der Waals surface area contributed by atoms with Gasteiger partial charge in [0.05, 0.1) is 11.8 Å². The van der Waals surface area contributed by atoms with Gasteiger partial charge in [0.2, 0.25) is 11.8 Å². The highest BCUT2D eigenvalue weighted by Crippen LogP contribution is 2.39. The van der Waals surface area contributed by atoms with Gasteiger partial charge in [-0.2, -0.15) is 0 Å². The smallest absolute Gasteiger partial charge is 0.307 e. The Hall–Kier alpha value is -2.37. The maximum Gasteiger partial charge on any atom is 0.307 e. The first-order valence-corrected chi connectivity index (χ1v) is 6.30. The second kappa shape index (κ2) is 5.32. The van der Waals surface area contributed by atoms with Gasteiger partial charge in [0, 0.05) is 18.3 Å². The molecule has 0 bridgehead atoms. The fourth-order valence-electron chi connectivity index (χ4n) is 2.02. The molecule has 0 unspecified atom stereocenters. The van der Waals surface area contributed by atoms with Crippen molar-refractivity contribution in [2.24, 2.45) is 11.8 Å². The first-order valence-electron chi connectivity index (χ1n) is 6.30. The van der Waals surface area contributed by atoms with Crippen molar-refractivity contribution in [3.05, 3.63) is 23.8 Å². The Balaban J connectivity index is 2.05. The second-order valence-corrected chi connectivity index (χ2v) is 4.99. The number of benzene rings is 1. The molecule has 0 aromatic heterocycles. The van der Waals surface area contributed by atoms with Gasteiger partial charge in [0.25, 0.3) is 0 Å². The number of carboxylic acids is 1. The Labute approximate surface area is 116 Å². The number of hydrogen-bond donors (Lipinski definition) is 3. The number of aliphatic carboxylic acids is 1. The molecule has 1 fully saturated rings. The minimum Gasteiger partial charge on any atom is -0.481 e. The summed E-state index contributed by atoms with van der Waals surface area (Å²) in [6, 6.07) is 5.16. The molecular weight excluding hydrogens is 260 g/mol. The van der Waals surface area contributed by atoms with E-state index >= 15 is 0 Å². The molecule has 20 heavy (non-hydrogen) atoms. The third kappa shape index (κ3) is 3.14. The molecule has 3 N–H and O–H groups in total. The van der Waals surface area contributed by atoms with Crippen molar-refractivity contribution in [2.75, 3.05) is 10.6 Å². The number of amides is 2. The predicted molar refractivity (Wildman–Crippen MR) is 73.3 cm³/mol. The number of carbonyl (C=O) groups excluding carboxylic acids is 2. The average Bonchev–Trinajstić information content (AvgIpc) is 3.13. The molecule has 2 rings (SSSR count). The molecule has 1 aromatic carbocycles. The zero-order valence-electron chi connectivity index (χ0n) is 11.3. The Kier molecular flexibility index (Phi) is 3.74. The molecular formula is C14H16N2O4. The van der Waals surface area contributed by atoms with Crippen LogP contribution in [0.5, 0.6) is 0 Å². The summed E-state index contributed by atoms with van der Waals surface area (Å²) in [4.78, 5) is 33.6. The number of hydrogen-bond acceptors (Lipinski definition) is 3. The summed E-state index contributed by atoms with van der Waals surface area (Å²) in [6.45, 7) is 3.25. The molecule has 6 nitrogen and oxygen atoms in total. The molecule has 1 aliphatic rings. The highest BCUT2D eigenvalue weighted by Gasteiger charge is 2.48. The van der Waals surface area contributed by atoms with Crippen molar-refractivity contribution in [1.82, 2.24) is 0 Å². The standard InChI is InChI=1S/C14H16N2O4/c1-7-3-4-9(5-12(7)15-8(2)17)16-13(18)10-6-11(10)14(19)20/h3-5,10-11H,6H2,1-2H3,(H,15,17)(H,16,18)(H,19,20)/t10-,11+/m1/s1. The number of nitrogens with one attached hydrogen (secondary N) is 2. The quantitative estimate of drug-likeness (QED) is 0.778. The van der Waals surface area contributed by atoms with Crippen LogP contribution >= 0.6 is 0 Å². The fourth-order valence-corrected chi connectivity index (χ4v) is 2.02. The van der Waals surface area contributed by atoms with E-state index in [1.807, 2.05) is 6.92 Å². The number of aryl methyl sites for hydroxylation is 1. The Bertz CT molecular complexity index is 583. The molecule has 2 amide bonds. The summed E-state index contributed by atoms with van der Waals surface area (Å²) in [6.07, 6.45) is 0.381. The fraction of sp³-hybridized carbons (Fsp3) is 0.357. The predicted octanol–water partition coefficient (Wildman–Crippen LogP) is 1.61. The van der Waals surface area contributed by atoms with Crippen molar-refractivity contribution < 1.29 is 19.5 Å². The lowest BCUT2D eigenvalue weighted by molar-refractivity contribution is -0.139. The van der Waals surface area contributed by atoms with E-state index in [1.54, 1.807) is 18.2 Å². The van der Waals surface area contributed by atoms with Crippen LogP contribution in [0.15, 0.2) is 18.2 Å². The molecule has 2 atom stereocenters. The number of rotatable bonds is 4. The Morgan fingerprint density at radius 3 is 2.45 bits per heavy atom. The van der Waals surface area contributed by atoms with Gasteiger partial charge >= 0.3 is 5.97 Å². The van der Waals surface area contributed by atoms with Gasteiger partial charge < -0.3 is 15.7 Å². The summed E-state index contributed by atoms with van der Waals surface area (Å²) < 4.78 is 0. The zero-order chi connectivity index (χ0) is 14.9. The van der Waals surface area contributed by atoms with E-state index in [-0.39, 0.29) is 11.8 Å². The van der Waals surface area contributed by atoms with Crippen LogP contribution in [0.25, 0.3) is 0 Å². The van der Waals surface area contributed by atoms with Crippen LogP contribution in [0, 0.1) is 18.8 Å². The molecule has 6 heteroatoms.